The normalized spacial score (nSPS) is 11.8. The van der Waals surface area contributed by atoms with Crippen molar-refractivity contribution in [1.82, 2.24) is 10.3 Å². The van der Waals surface area contributed by atoms with Crippen molar-refractivity contribution in [3.05, 3.63) is 76.4 Å². The lowest BCUT2D eigenvalue weighted by atomic mass is 10.0. The summed E-state index contributed by atoms with van der Waals surface area (Å²) in [5, 5.41) is 4.28. The van der Waals surface area contributed by atoms with E-state index in [2.05, 4.69) is 10.3 Å². The number of esters is 1. The number of aromatic nitrogens is 1. The van der Waals surface area contributed by atoms with Gasteiger partial charge in [0, 0.05) is 10.4 Å². The number of ether oxygens (including phenoxy) is 1. The van der Waals surface area contributed by atoms with E-state index in [9.17, 15) is 9.59 Å². The molecule has 0 saturated heterocycles. The van der Waals surface area contributed by atoms with Crippen molar-refractivity contribution in [3.8, 4) is 0 Å². The Morgan fingerprint density at radius 1 is 1.15 bits per heavy atom. The maximum atomic E-state index is 12.9. The third-order valence-electron chi connectivity index (χ3n) is 4.32. The molecule has 1 heterocycles. The Morgan fingerprint density at radius 3 is 2.59 bits per heavy atom. The van der Waals surface area contributed by atoms with Gasteiger partial charge in [0.1, 0.15) is 0 Å². The number of hydrogen-bond acceptors (Lipinski definition) is 4. The van der Waals surface area contributed by atoms with Crippen LogP contribution in [0.25, 0.3) is 10.9 Å². The molecule has 3 aromatic rings. The summed E-state index contributed by atoms with van der Waals surface area (Å²) in [5.74, 6) is -0.705. The fraction of sp³-hybridized carbons (Fsp3) is 0.190. The number of nitrogens with one attached hydrogen (secondary N) is 1. The zero-order valence-corrected chi connectivity index (χ0v) is 15.8. The van der Waals surface area contributed by atoms with Gasteiger partial charge in [0.2, 0.25) is 0 Å². The largest absolute Gasteiger partial charge is 0.469 e. The molecule has 0 saturated carbocycles. The van der Waals surface area contributed by atoms with Crippen molar-refractivity contribution in [2.24, 2.45) is 0 Å². The SMILES string of the molecule is COC(=O)CC(NC(=O)c1cc2cc(Cl)ccc2nc1C)c1ccccc1. The van der Waals surface area contributed by atoms with Crippen LogP contribution in [-0.4, -0.2) is 24.0 Å². The Bertz CT molecular complexity index is 989. The van der Waals surface area contributed by atoms with E-state index in [1.165, 1.54) is 7.11 Å². The highest BCUT2D eigenvalue weighted by Crippen LogP contribution is 2.22. The van der Waals surface area contributed by atoms with Crippen LogP contribution in [0.3, 0.4) is 0 Å². The van der Waals surface area contributed by atoms with Gasteiger partial charge in [-0.2, -0.15) is 0 Å². The van der Waals surface area contributed by atoms with Gasteiger partial charge in [-0.1, -0.05) is 41.9 Å². The minimum atomic E-state index is -0.499. The van der Waals surface area contributed by atoms with Crippen LogP contribution >= 0.6 is 11.6 Å². The first kappa shape index (κ1) is 18.9. The average molecular weight is 383 g/mol. The fourth-order valence-corrected chi connectivity index (χ4v) is 3.08. The average Bonchev–Trinajstić information content (AvgIpc) is 2.67. The van der Waals surface area contributed by atoms with Crippen LogP contribution < -0.4 is 5.32 Å². The van der Waals surface area contributed by atoms with Crippen LogP contribution in [0.5, 0.6) is 0 Å². The number of fused-ring (bicyclic) bond motifs is 1. The first-order valence-corrected chi connectivity index (χ1v) is 8.85. The summed E-state index contributed by atoms with van der Waals surface area (Å²) >= 11 is 6.05. The first-order chi connectivity index (χ1) is 13.0. The maximum absolute atomic E-state index is 12.9. The molecule has 1 aromatic heterocycles. The summed E-state index contributed by atoms with van der Waals surface area (Å²) in [6, 6.07) is 15.9. The van der Waals surface area contributed by atoms with Gasteiger partial charge in [0.15, 0.2) is 0 Å². The van der Waals surface area contributed by atoms with E-state index >= 15 is 0 Å². The van der Waals surface area contributed by atoms with Gasteiger partial charge in [-0.3, -0.25) is 14.6 Å². The Morgan fingerprint density at radius 2 is 1.89 bits per heavy atom. The van der Waals surface area contributed by atoms with Crippen molar-refractivity contribution in [2.75, 3.05) is 7.11 Å². The van der Waals surface area contributed by atoms with E-state index < -0.39 is 12.0 Å². The molecule has 1 unspecified atom stereocenters. The van der Waals surface area contributed by atoms with Crippen LogP contribution in [0.1, 0.15) is 34.1 Å². The molecule has 0 bridgehead atoms. The lowest BCUT2D eigenvalue weighted by Crippen LogP contribution is -2.31. The number of amides is 1. The molecule has 0 aliphatic carbocycles. The summed E-state index contributed by atoms with van der Waals surface area (Å²) in [4.78, 5) is 29.2. The van der Waals surface area contributed by atoms with Gasteiger partial charge in [0.25, 0.3) is 5.91 Å². The molecule has 6 heteroatoms. The van der Waals surface area contributed by atoms with Crippen LogP contribution in [0, 0.1) is 6.92 Å². The van der Waals surface area contributed by atoms with E-state index in [-0.39, 0.29) is 12.3 Å². The summed E-state index contributed by atoms with van der Waals surface area (Å²) in [7, 11) is 1.33. The molecule has 1 amide bonds. The third-order valence-corrected chi connectivity index (χ3v) is 4.55. The standard InChI is InChI=1S/C21H19ClN2O3/c1-13-17(11-15-10-16(22)8-9-18(15)23-13)21(26)24-19(12-20(25)27-2)14-6-4-3-5-7-14/h3-11,19H,12H2,1-2H3,(H,24,26). The van der Waals surface area contributed by atoms with Gasteiger partial charge < -0.3 is 10.1 Å². The number of nitrogens with zero attached hydrogens (tertiary/aromatic N) is 1. The topological polar surface area (TPSA) is 68.3 Å². The Balaban J connectivity index is 1.92. The minimum Gasteiger partial charge on any atom is -0.469 e. The molecule has 2 aromatic carbocycles. The van der Waals surface area contributed by atoms with Gasteiger partial charge >= 0.3 is 5.97 Å². The molecule has 0 aliphatic heterocycles. The number of benzene rings is 2. The highest BCUT2D eigenvalue weighted by atomic mass is 35.5. The molecule has 3 rings (SSSR count). The van der Waals surface area contributed by atoms with E-state index in [0.717, 1.165) is 16.5 Å². The van der Waals surface area contributed by atoms with Crippen LogP contribution in [0.4, 0.5) is 0 Å². The number of pyridine rings is 1. The smallest absolute Gasteiger partial charge is 0.307 e. The van der Waals surface area contributed by atoms with Gasteiger partial charge in [0.05, 0.1) is 36.3 Å². The summed E-state index contributed by atoms with van der Waals surface area (Å²) in [6.45, 7) is 1.78. The second-order valence-electron chi connectivity index (χ2n) is 6.18. The number of carbonyl (C=O) groups excluding carboxylic acids is 2. The molecule has 0 spiro atoms. The summed E-state index contributed by atoms with van der Waals surface area (Å²) in [6.07, 6.45) is 0.0398. The third kappa shape index (κ3) is 4.44. The minimum absolute atomic E-state index is 0.0398. The maximum Gasteiger partial charge on any atom is 0.307 e. The second-order valence-corrected chi connectivity index (χ2v) is 6.61. The van der Waals surface area contributed by atoms with Crippen molar-refractivity contribution < 1.29 is 14.3 Å². The lowest BCUT2D eigenvalue weighted by Gasteiger charge is -2.19. The molecule has 1 N–H and O–H groups in total. The van der Waals surface area contributed by atoms with Gasteiger partial charge in [-0.05, 0) is 36.8 Å². The number of carbonyl (C=O) groups is 2. The van der Waals surface area contributed by atoms with E-state index in [4.69, 9.17) is 16.3 Å². The Hall–Kier alpha value is -2.92. The number of halogens is 1. The quantitative estimate of drug-likeness (QED) is 0.670. The number of methoxy groups -OCH3 is 1. The molecule has 0 fully saturated rings. The molecular weight excluding hydrogens is 364 g/mol. The summed E-state index contributed by atoms with van der Waals surface area (Å²) < 4.78 is 4.77. The molecule has 27 heavy (non-hydrogen) atoms. The fourth-order valence-electron chi connectivity index (χ4n) is 2.90. The van der Waals surface area contributed by atoms with Crippen LogP contribution in [0.2, 0.25) is 5.02 Å². The van der Waals surface area contributed by atoms with E-state index in [1.807, 2.05) is 36.4 Å². The van der Waals surface area contributed by atoms with Crippen LogP contribution in [0.15, 0.2) is 54.6 Å². The summed E-state index contributed by atoms with van der Waals surface area (Å²) in [5.41, 5.74) is 2.64. The van der Waals surface area contributed by atoms with Gasteiger partial charge in [-0.15, -0.1) is 0 Å². The molecule has 5 nitrogen and oxygen atoms in total. The highest BCUT2D eigenvalue weighted by Gasteiger charge is 2.21. The number of rotatable bonds is 5. The lowest BCUT2D eigenvalue weighted by molar-refractivity contribution is -0.141. The van der Waals surface area contributed by atoms with Crippen molar-refractivity contribution >= 4 is 34.4 Å². The van der Waals surface area contributed by atoms with E-state index in [1.54, 1.807) is 25.1 Å². The predicted molar refractivity (Wildman–Crippen MR) is 105 cm³/mol. The zero-order valence-electron chi connectivity index (χ0n) is 15.0. The predicted octanol–water partition coefficient (Wildman–Crippen LogP) is 4.23. The second kappa shape index (κ2) is 8.18. The van der Waals surface area contributed by atoms with Crippen molar-refractivity contribution in [2.45, 2.75) is 19.4 Å². The number of hydrogen-bond donors (Lipinski definition) is 1. The zero-order chi connectivity index (χ0) is 19.4. The molecule has 1 atom stereocenters. The monoisotopic (exact) mass is 382 g/mol. The molecule has 0 aliphatic rings. The van der Waals surface area contributed by atoms with Crippen molar-refractivity contribution in [3.63, 3.8) is 0 Å². The first-order valence-electron chi connectivity index (χ1n) is 8.47. The van der Waals surface area contributed by atoms with Gasteiger partial charge in [-0.25, -0.2) is 0 Å². The Labute approximate surface area is 162 Å². The van der Waals surface area contributed by atoms with Crippen LogP contribution in [-0.2, 0) is 9.53 Å². The van der Waals surface area contributed by atoms with Crippen molar-refractivity contribution in [1.29, 1.82) is 0 Å². The van der Waals surface area contributed by atoms with E-state index in [0.29, 0.717) is 16.3 Å². The number of aryl methyl sites for hydroxylation is 1. The molecule has 0 radical (unpaired) electrons. The highest BCUT2D eigenvalue weighted by molar-refractivity contribution is 6.31. The molecular formula is C21H19ClN2O3. The Kier molecular flexibility index (Phi) is 5.72. The molecule has 138 valence electrons.